The van der Waals surface area contributed by atoms with Gasteiger partial charge in [-0.15, -0.1) is 0 Å². The van der Waals surface area contributed by atoms with E-state index in [1.807, 2.05) is 18.2 Å². The Morgan fingerprint density at radius 1 is 1.31 bits per heavy atom. The van der Waals surface area contributed by atoms with Crippen LogP contribution in [-0.2, 0) is 10.0 Å². The summed E-state index contributed by atoms with van der Waals surface area (Å²) in [4.78, 5) is -0.581. The number of halogens is 4. The van der Waals surface area contributed by atoms with Crippen LogP contribution in [-0.4, -0.2) is 21.1 Å². The fourth-order valence-corrected chi connectivity index (χ4v) is 4.05. The maximum atomic E-state index is 13.9. The van der Waals surface area contributed by atoms with E-state index >= 15 is 0 Å². The second kappa shape index (κ2) is 7.45. The van der Waals surface area contributed by atoms with E-state index in [1.165, 1.54) is 0 Å². The van der Waals surface area contributed by atoms with Crippen molar-refractivity contribution in [2.45, 2.75) is 17.4 Å². The highest BCUT2D eigenvalue weighted by molar-refractivity contribution is 14.1. The zero-order valence-corrected chi connectivity index (χ0v) is 16.9. The van der Waals surface area contributed by atoms with Gasteiger partial charge in [0.05, 0.1) is 17.3 Å². The van der Waals surface area contributed by atoms with Gasteiger partial charge >= 0.3 is 0 Å². The van der Waals surface area contributed by atoms with Gasteiger partial charge in [-0.1, -0.05) is 11.6 Å². The smallest absolute Gasteiger partial charge is 0.241 e. The fourth-order valence-electron chi connectivity index (χ4n) is 2.48. The van der Waals surface area contributed by atoms with Crippen LogP contribution >= 0.6 is 34.2 Å². The van der Waals surface area contributed by atoms with Crippen LogP contribution in [0.1, 0.15) is 6.42 Å². The molecule has 2 unspecified atom stereocenters. The van der Waals surface area contributed by atoms with Crippen molar-refractivity contribution in [1.29, 1.82) is 0 Å². The van der Waals surface area contributed by atoms with Crippen molar-refractivity contribution in [1.82, 2.24) is 0 Å². The molecule has 1 aliphatic rings. The molecule has 1 fully saturated rings. The second-order valence-electron chi connectivity index (χ2n) is 5.92. The van der Waals surface area contributed by atoms with Gasteiger partial charge in [0.25, 0.3) is 0 Å². The first kappa shape index (κ1) is 19.6. The first-order valence-corrected chi connectivity index (χ1v) is 10.5. The predicted molar refractivity (Wildman–Crippen MR) is 103 cm³/mol. The number of sulfonamides is 1. The summed E-state index contributed by atoms with van der Waals surface area (Å²) in [6.45, 7) is 0.0164. The number of hydrogen-bond acceptors (Lipinski definition) is 4. The Hall–Kier alpha value is -1.17. The van der Waals surface area contributed by atoms with Crippen molar-refractivity contribution >= 4 is 49.9 Å². The van der Waals surface area contributed by atoms with Gasteiger partial charge in [0.15, 0.2) is 11.6 Å². The average Bonchev–Trinajstić information content (AvgIpc) is 3.28. The Labute approximate surface area is 168 Å². The maximum Gasteiger partial charge on any atom is 0.241 e. The number of primary sulfonamides is 1. The molecule has 0 amide bonds. The average molecular weight is 515 g/mol. The van der Waals surface area contributed by atoms with Crippen molar-refractivity contribution in [3.63, 3.8) is 0 Å². The molecule has 0 bridgehead atoms. The number of hydrogen-bond donors (Lipinski definition) is 2. The lowest BCUT2D eigenvalue weighted by molar-refractivity contribution is 0.270. The zero-order chi connectivity index (χ0) is 19.1. The Kier molecular flexibility index (Phi) is 5.61. The molecule has 0 aromatic heterocycles. The van der Waals surface area contributed by atoms with Crippen LogP contribution in [0.15, 0.2) is 35.2 Å². The molecule has 0 spiro atoms. The third kappa shape index (κ3) is 4.38. The molecule has 0 aliphatic heterocycles. The summed E-state index contributed by atoms with van der Waals surface area (Å²) in [5.74, 6) is -3.27. The summed E-state index contributed by atoms with van der Waals surface area (Å²) in [6, 6.07) is 7.20. The third-order valence-electron chi connectivity index (χ3n) is 3.96. The lowest BCUT2D eigenvalue weighted by Crippen LogP contribution is -2.17. The van der Waals surface area contributed by atoms with E-state index in [-0.39, 0.29) is 18.6 Å². The van der Waals surface area contributed by atoms with Crippen LogP contribution in [0.3, 0.4) is 0 Å². The van der Waals surface area contributed by atoms with Crippen molar-refractivity contribution in [3.8, 4) is 5.75 Å². The summed E-state index contributed by atoms with van der Waals surface area (Å²) in [7, 11) is -4.24. The van der Waals surface area contributed by atoms with Crippen LogP contribution in [0.25, 0.3) is 0 Å². The Morgan fingerprint density at radius 3 is 2.69 bits per heavy atom. The van der Waals surface area contributed by atoms with E-state index in [9.17, 15) is 17.2 Å². The molecule has 2 aromatic rings. The summed E-state index contributed by atoms with van der Waals surface area (Å²) in [6.07, 6.45) is 0.726. The third-order valence-corrected chi connectivity index (χ3v) is 5.87. The lowest BCUT2D eigenvalue weighted by atomic mass is 10.3. The second-order valence-corrected chi connectivity index (χ2v) is 9.10. The van der Waals surface area contributed by atoms with Crippen LogP contribution in [0.2, 0.25) is 5.02 Å². The normalized spacial score (nSPS) is 19.3. The number of nitrogens with one attached hydrogen (secondary N) is 1. The molecule has 2 atom stereocenters. The molecule has 0 heterocycles. The number of ether oxygens (including phenoxy) is 1. The molecule has 2 aromatic carbocycles. The molecule has 0 saturated heterocycles. The Balaban J connectivity index is 1.67. The quantitative estimate of drug-likeness (QED) is 0.576. The molecule has 140 valence electrons. The van der Waals surface area contributed by atoms with Crippen molar-refractivity contribution < 1.29 is 21.9 Å². The SMILES string of the molecule is NS(=O)(=O)c1ccc(F)c(F)c1OCC1CC1Nc1ccc(I)cc1Cl. The summed E-state index contributed by atoms with van der Waals surface area (Å²) >= 11 is 8.31. The molecule has 0 radical (unpaired) electrons. The van der Waals surface area contributed by atoms with Gasteiger partial charge in [0, 0.05) is 15.5 Å². The van der Waals surface area contributed by atoms with Crippen LogP contribution < -0.4 is 15.2 Å². The van der Waals surface area contributed by atoms with E-state index in [2.05, 4.69) is 27.9 Å². The summed E-state index contributed by atoms with van der Waals surface area (Å²) in [5.41, 5.74) is 0.766. The highest BCUT2D eigenvalue weighted by Crippen LogP contribution is 2.37. The van der Waals surface area contributed by atoms with Crippen LogP contribution in [0, 0.1) is 21.1 Å². The lowest BCUT2D eigenvalue weighted by Gasteiger charge is -2.12. The van der Waals surface area contributed by atoms with Gasteiger partial charge < -0.3 is 10.1 Å². The molecule has 3 rings (SSSR count). The largest absolute Gasteiger partial charge is 0.489 e. The molecular formula is C16H14ClF2IN2O3S. The highest BCUT2D eigenvalue weighted by atomic mass is 127. The molecule has 5 nitrogen and oxygen atoms in total. The van der Waals surface area contributed by atoms with Gasteiger partial charge in [-0.2, -0.15) is 4.39 Å². The molecule has 26 heavy (non-hydrogen) atoms. The van der Waals surface area contributed by atoms with Crippen molar-refractivity contribution in [2.75, 3.05) is 11.9 Å². The maximum absolute atomic E-state index is 13.9. The number of nitrogens with two attached hydrogens (primary N) is 1. The Bertz CT molecular complexity index is 959. The van der Waals surface area contributed by atoms with E-state index < -0.39 is 32.3 Å². The van der Waals surface area contributed by atoms with E-state index in [4.69, 9.17) is 21.5 Å². The molecule has 1 saturated carbocycles. The van der Waals surface area contributed by atoms with Crippen molar-refractivity contribution in [3.05, 3.63) is 50.6 Å². The summed E-state index contributed by atoms with van der Waals surface area (Å²) in [5, 5.41) is 8.85. The monoisotopic (exact) mass is 514 g/mol. The minimum Gasteiger partial charge on any atom is -0.489 e. The van der Waals surface area contributed by atoms with E-state index in [0.717, 1.165) is 21.7 Å². The minimum atomic E-state index is -4.24. The van der Waals surface area contributed by atoms with Gasteiger partial charge in [0.2, 0.25) is 15.8 Å². The van der Waals surface area contributed by atoms with E-state index in [0.29, 0.717) is 11.1 Å². The molecule has 3 N–H and O–H groups in total. The predicted octanol–water partition coefficient (Wildman–Crippen LogP) is 3.75. The first-order chi connectivity index (χ1) is 12.2. The fraction of sp³-hybridized carbons (Fsp3) is 0.250. The minimum absolute atomic E-state index is 0.00124. The van der Waals surface area contributed by atoms with Crippen LogP contribution in [0.5, 0.6) is 5.75 Å². The van der Waals surface area contributed by atoms with E-state index in [1.54, 1.807) is 0 Å². The Morgan fingerprint density at radius 2 is 2.04 bits per heavy atom. The van der Waals surface area contributed by atoms with Gasteiger partial charge in [-0.05, 0) is 59.3 Å². The number of benzene rings is 2. The highest BCUT2D eigenvalue weighted by Gasteiger charge is 2.38. The van der Waals surface area contributed by atoms with Gasteiger partial charge in [0.1, 0.15) is 4.90 Å². The molecule has 10 heteroatoms. The standard InChI is InChI=1S/C16H14ClF2IN2O3S/c17-10-6-9(20)1-3-12(10)22-13-5-8(13)7-25-16-14(26(21,23)24)4-2-11(18)15(16)19/h1-4,6,8,13,22H,5,7H2,(H2,21,23,24). The van der Waals surface area contributed by atoms with Gasteiger partial charge in [-0.3, -0.25) is 0 Å². The number of anilines is 1. The molecule has 1 aliphatic carbocycles. The number of rotatable bonds is 6. The summed E-state index contributed by atoms with van der Waals surface area (Å²) < 4.78 is 56.7. The van der Waals surface area contributed by atoms with Gasteiger partial charge in [-0.25, -0.2) is 17.9 Å². The molecular weight excluding hydrogens is 501 g/mol. The topological polar surface area (TPSA) is 81.4 Å². The zero-order valence-electron chi connectivity index (χ0n) is 13.2. The first-order valence-electron chi connectivity index (χ1n) is 7.52. The van der Waals surface area contributed by atoms with Crippen LogP contribution in [0.4, 0.5) is 14.5 Å². The van der Waals surface area contributed by atoms with Crippen molar-refractivity contribution in [2.24, 2.45) is 11.1 Å².